The third kappa shape index (κ3) is 12.7. The Bertz CT molecular complexity index is 596. The molecule has 2 N–H and O–H groups in total. The highest BCUT2D eigenvalue weighted by atomic mass is 32.1. The van der Waals surface area contributed by atoms with Crippen LogP contribution in [0.2, 0.25) is 0 Å². The van der Waals surface area contributed by atoms with E-state index in [-0.39, 0.29) is 6.42 Å². The fourth-order valence-corrected chi connectivity index (χ4v) is 3.22. The molecule has 0 aliphatic rings. The number of para-hydroxylation sites is 2. The molecule has 0 atom stereocenters. The fourth-order valence-electron chi connectivity index (χ4n) is 2.96. The van der Waals surface area contributed by atoms with Crippen LogP contribution in [0.3, 0.4) is 0 Å². The Morgan fingerprint density at radius 1 is 1.00 bits per heavy atom. The molecule has 158 valence electrons. The molecule has 0 fully saturated rings. The predicted octanol–water partition coefficient (Wildman–Crippen LogP) is 6.84. The summed E-state index contributed by atoms with van der Waals surface area (Å²) >= 11 is 5.48. The summed E-state index contributed by atoms with van der Waals surface area (Å²) in [6.45, 7) is 7.30. The summed E-state index contributed by atoms with van der Waals surface area (Å²) in [5.41, 5.74) is 1.30. The number of thiocarbonyl (C=S) groups is 1. The number of hydrogen-bond donors (Lipinski definition) is 2. The van der Waals surface area contributed by atoms with E-state index in [9.17, 15) is 4.79 Å². The molecule has 0 unspecified atom stereocenters. The Morgan fingerprint density at radius 2 is 1.64 bits per heavy atom. The summed E-state index contributed by atoms with van der Waals surface area (Å²) < 4.78 is 5.71. The molecule has 4 nitrogen and oxygen atoms in total. The van der Waals surface area contributed by atoms with Crippen LogP contribution in [0.25, 0.3) is 0 Å². The SMILES string of the molecule is CC(C)(C)CCCCCCCCC(=S)Nc1ccccc1OCCCC(=O)O. The van der Waals surface area contributed by atoms with Crippen molar-refractivity contribution in [3.8, 4) is 5.75 Å². The van der Waals surface area contributed by atoms with E-state index < -0.39 is 5.97 Å². The molecule has 0 amide bonds. The molecule has 28 heavy (non-hydrogen) atoms. The minimum absolute atomic E-state index is 0.115. The zero-order valence-corrected chi connectivity index (χ0v) is 18.6. The Balaban J connectivity index is 2.20. The normalized spacial score (nSPS) is 11.2. The Labute approximate surface area is 176 Å². The number of carboxylic acids is 1. The quantitative estimate of drug-likeness (QED) is 0.261. The second-order valence-electron chi connectivity index (χ2n) is 8.57. The molecule has 0 saturated carbocycles. The maximum Gasteiger partial charge on any atom is 0.303 e. The molecule has 1 aromatic rings. The Morgan fingerprint density at radius 3 is 2.32 bits per heavy atom. The van der Waals surface area contributed by atoms with Gasteiger partial charge in [-0.25, -0.2) is 0 Å². The van der Waals surface area contributed by atoms with Crippen LogP contribution in [0.15, 0.2) is 24.3 Å². The van der Waals surface area contributed by atoms with Crippen LogP contribution in [0.5, 0.6) is 5.75 Å². The van der Waals surface area contributed by atoms with Crippen molar-refractivity contribution in [3.05, 3.63) is 24.3 Å². The van der Waals surface area contributed by atoms with Crippen molar-refractivity contribution in [2.24, 2.45) is 5.41 Å². The molecular formula is C23H37NO3S. The Hall–Kier alpha value is -1.62. The van der Waals surface area contributed by atoms with Crippen LogP contribution in [-0.4, -0.2) is 22.7 Å². The van der Waals surface area contributed by atoms with Crippen molar-refractivity contribution in [1.82, 2.24) is 0 Å². The second-order valence-corrected chi connectivity index (χ2v) is 9.06. The van der Waals surface area contributed by atoms with Crippen molar-refractivity contribution in [2.45, 2.75) is 85.0 Å². The number of nitrogens with one attached hydrogen (secondary N) is 1. The molecule has 1 rings (SSSR count). The van der Waals surface area contributed by atoms with E-state index >= 15 is 0 Å². The number of hydrogen-bond acceptors (Lipinski definition) is 3. The summed E-state index contributed by atoms with van der Waals surface area (Å²) in [4.78, 5) is 11.4. The molecule has 0 aliphatic carbocycles. The molecule has 1 aromatic carbocycles. The van der Waals surface area contributed by atoms with Gasteiger partial charge in [0.1, 0.15) is 5.75 Å². The van der Waals surface area contributed by atoms with Crippen molar-refractivity contribution in [3.63, 3.8) is 0 Å². The van der Waals surface area contributed by atoms with E-state index in [1.165, 1.54) is 38.5 Å². The van der Waals surface area contributed by atoms with E-state index in [0.29, 0.717) is 24.2 Å². The summed E-state index contributed by atoms with van der Waals surface area (Å²) in [7, 11) is 0. The highest BCUT2D eigenvalue weighted by Gasteiger charge is 2.09. The summed E-state index contributed by atoms with van der Waals surface area (Å²) in [6.07, 6.45) is 10.3. The average Bonchev–Trinajstić information content (AvgIpc) is 2.61. The number of aliphatic carboxylic acids is 1. The van der Waals surface area contributed by atoms with E-state index in [1.54, 1.807) is 0 Å². The lowest BCUT2D eigenvalue weighted by Crippen LogP contribution is -2.10. The third-order valence-corrected chi connectivity index (χ3v) is 4.84. The number of rotatable bonds is 14. The monoisotopic (exact) mass is 407 g/mol. The van der Waals surface area contributed by atoms with Gasteiger partial charge in [0.05, 0.1) is 17.3 Å². The molecule has 0 aliphatic heterocycles. The smallest absolute Gasteiger partial charge is 0.303 e. The summed E-state index contributed by atoms with van der Waals surface area (Å²) in [5, 5.41) is 12.0. The van der Waals surface area contributed by atoms with Crippen LogP contribution >= 0.6 is 12.2 Å². The van der Waals surface area contributed by atoms with Crippen LogP contribution in [-0.2, 0) is 4.79 Å². The van der Waals surface area contributed by atoms with Crippen LogP contribution in [0.1, 0.15) is 85.0 Å². The van der Waals surface area contributed by atoms with Gasteiger partial charge in [0, 0.05) is 6.42 Å². The van der Waals surface area contributed by atoms with Gasteiger partial charge in [-0.2, -0.15) is 0 Å². The number of carboxylic acid groups (broad SMARTS) is 1. The van der Waals surface area contributed by atoms with Crippen molar-refractivity contribution in [1.29, 1.82) is 0 Å². The van der Waals surface area contributed by atoms with E-state index in [2.05, 4.69) is 26.1 Å². The van der Waals surface area contributed by atoms with Crippen LogP contribution < -0.4 is 10.1 Å². The summed E-state index contributed by atoms with van der Waals surface area (Å²) in [6, 6.07) is 7.66. The van der Waals surface area contributed by atoms with Gasteiger partial charge in [-0.15, -0.1) is 0 Å². The molecule has 0 bridgehead atoms. The van der Waals surface area contributed by atoms with Gasteiger partial charge >= 0.3 is 5.97 Å². The lowest BCUT2D eigenvalue weighted by molar-refractivity contribution is -0.137. The van der Waals surface area contributed by atoms with E-state index in [1.807, 2.05) is 24.3 Å². The van der Waals surface area contributed by atoms with E-state index in [4.69, 9.17) is 22.1 Å². The molecule has 0 aromatic heterocycles. The molecule has 0 spiro atoms. The maximum atomic E-state index is 10.6. The fraction of sp³-hybridized carbons (Fsp3) is 0.652. The van der Waals surface area contributed by atoms with Gasteiger partial charge in [0.15, 0.2) is 0 Å². The van der Waals surface area contributed by atoms with Gasteiger partial charge in [-0.1, -0.05) is 77.2 Å². The van der Waals surface area contributed by atoms with Gasteiger partial charge in [-0.3, -0.25) is 4.79 Å². The highest BCUT2D eigenvalue weighted by Crippen LogP contribution is 2.25. The second kappa shape index (κ2) is 13.5. The topological polar surface area (TPSA) is 58.6 Å². The number of unbranched alkanes of at least 4 members (excludes halogenated alkanes) is 5. The van der Waals surface area contributed by atoms with Crippen LogP contribution in [0.4, 0.5) is 5.69 Å². The van der Waals surface area contributed by atoms with E-state index in [0.717, 1.165) is 23.5 Å². The third-order valence-electron chi connectivity index (χ3n) is 4.53. The van der Waals surface area contributed by atoms with Crippen LogP contribution in [0, 0.1) is 5.41 Å². The lowest BCUT2D eigenvalue weighted by atomic mass is 9.89. The van der Waals surface area contributed by atoms with Gasteiger partial charge in [0.2, 0.25) is 0 Å². The first-order valence-electron chi connectivity index (χ1n) is 10.5. The number of carbonyl (C=O) groups is 1. The molecule has 0 heterocycles. The highest BCUT2D eigenvalue weighted by molar-refractivity contribution is 7.80. The first-order chi connectivity index (χ1) is 13.3. The standard InChI is InChI=1S/C23H37NO3S/c1-23(2,3)17-11-7-5-4-6-8-15-21(28)24-19-13-9-10-14-20(19)27-18-12-16-22(25)26/h9-10,13-14H,4-8,11-12,15-18H2,1-3H3,(H,24,28)(H,25,26). The first-order valence-corrected chi connectivity index (χ1v) is 10.9. The molecule has 5 heteroatoms. The maximum absolute atomic E-state index is 10.6. The number of ether oxygens (including phenoxy) is 1. The minimum atomic E-state index is -0.801. The zero-order valence-electron chi connectivity index (χ0n) is 17.8. The van der Waals surface area contributed by atoms with Gasteiger partial charge in [0.25, 0.3) is 0 Å². The van der Waals surface area contributed by atoms with Crippen molar-refractivity contribution < 1.29 is 14.6 Å². The predicted molar refractivity (Wildman–Crippen MR) is 121 cm³/mol. The van der Waals surface area contributed by atoms with Crippen molar-refractivity contribution >= 4 is 28.9 Å². The average molecular weight is 408 g/mol. The molecule has 0 saturated heterocycles. The zero-order chi connectivity index (χ0) is 20.8. The molecular weight excluding hydrogens is 370 g/mol. The van der Waals surface area contributed by atoms with Crippen molar-refractivity contribution in [2.75, 3.05) is 11.9 Å². The number of anilines is 1. The summed E-state index contributed by atoms with van der Waals surface area (Å²) in [5.74, 6) is -0.0838. The largest absolute Gasteiger partial charge is 0.491 e. The first kappa shape index (κ1) is 24.4. The molecule has 0 radical (unpaired) electrons. The Kier molecular flexibility index (Phi) is 11.8. The minimum Gasteiger partial charge on any atom is -0.491 e. The van der Waals surface area contributed by atoms with Gasteiger partial charge in [-0.05, 0) is 43.2 Å². The van der Waals surface area contributed by atoms with Gasteiger partial charge < -0.3 is 15.2 Å². The lowest BCUT2D eigenvalue weighted by Gasteiger charge is -2.17. The number of benzene rings is 1.